The first-order valence-electron chi connectivity index (χ1n) is 6.71. The highest BCUT2D eigenvalue weighted by atomic mass is 32.2. The minimum absolute atomic E-state index is 0.0827. The topological polar surface area (TPSA) is 88.2 Å². The quantitative estimate of drug-likeness (QED) is 0.859. The average molecular weight is 297 g/mol. The second-order valence-electron chi connectivity index (χ2n) is 4.85. The van der Waals surface area contributed by atoms with Gasteiger partial charge in [0, 0.05) is 25.0 Å². The summed E-state index contributed by atoms with van der Waals surface area (Å²) in [4.78, 5) is 16.2. The number of sulfone groups is 1. The van der Waals surface area contributed by atoms with E-state index in [1.165, 1.54) is 6.20 Å². The van der Waals surface area contributed by atoms with Gasteiger partial charge in [-0.2, -0.15) is 0 Å². The van der Waals surface area contributed by atoms with Gasteiger partial charge in [0.05, 0.1) is 22.8 Å². The van der Waals surface area contributed by atoms with Crippen molar-refractivity contribution in [2.75, 3.05) is 23.4 Å². The molecular weight excluding hydrogens is 278 g/mol. The number of rotatable bonds is 4. The molecule has 1 aliphatic rings. The third-order valence-electron chi connectivity index (χ3n) is 3.32. The second-order valence-corrected chi connectivity index (χ2v) is 7.15. The molecule has 1 aliphatic heterocycles. The number of aromatic nitrogens is 1. The van der Waals surface area contributed by atoms with Crippen molar-refractivity contribution in [1.29, 1.82) is 0 Å². The maximum atomic E-state index is 12.2. The number of pyridine rings is 1. The molecule has 2 heterocycles. The van der Waals surface area contributed by atoms with Crippen LogP contribution in [0.15, 0.2) is 18.5 Å². The van der Waals surface area contributed by atoms with Crippen LogP contribution in [0, 0.1) is 0 Å². The second kappa shape index (κ2) is 6.21. The predicted octanol–water partition coefficient (Wildman–Crippen LogP) is 0.820. The molecule has 7 heteroatoms. The van der Waals surface area contributed by atoms with Crippen LogP contribution < -0.4 is 10.6 Å². The number of amides is 1. The monoisotopic (exact) mass is 297 g/mol. The van der Waals surface area contributed by atoms with Crippen molar-refractivity contribution in [3.05, 3.63) is 24.0 Å². The Morgan fingerprint density at radius 2 is 2.10 bits per heavy atom. The molecule has 6 nitrogen and oxygen atoms in total. The zero-order valence-electron chi connectivity index (χ0n) is 11.4. The summed E-state index contributed by atoms with van der Waals surface area (Å²) in [5.74, 6) is 0.0779. The molecule has 1 saturated heterocycles. The Morgan fingerprint density at radius 3 is 2.75 bits per heavy atom. The van der Waals surface area contributed by atoms with Crippen molar-refractivity contribution >= 4 is 21.4 Å². The lowest BCUT2D eigenvalue weighted by Crippen LogP contribution is -2.41. The number of carbonyl (C=O) groups excluding carboxylic acids is 1. The van der Waals surface area contributed by atoms with E-state index in [9.17, 15) is 13.2 Å². The van der Waals surface area contributed by atoms with Crippen LogP contribution in [0.25, 0.3) is 0 Å². The normalized spacial score (nSPS) is 18.4. The highest BCUT2D eigenvalue weighted by Crippen LogP contribution is 2.16. The van der Waals surface area contributed by atoms with Gasteiger partial charge in [0.25, 0.3) is 5.91 Å². The van der Waals surface area contributed by atoms with E-state index in [0.717, 1.165) is 5.69 Å². The first-order valence-corrected chi connectivity index (χ1v) is 8.53. The first kappa shape index (κ1) is 14.8. The summed E-state index contributed by atoms with van der Waals surface area (Å²) in [5.41, 5.74) is 1.23. The number of hydrogen-bond acceptors (Lipinski definition) is 5. The van der Waals surface area contributed by atoms with E-state index in [0.29, 0.717) is 24.9 Å². The molecule has 2 rings (SSSR count). The highest BCUT2D eigenvalue weighted by molar-refractivity contribution is 7.91. The molecule has 1 aromatic rings. The van der Waals surface area contributed by atoms with Crippen LogP contribution in [0.3, 0.4) is 0 Å². The summed E-state index contributed by atoms with van der Waals surface area (Å²) in [6.07, 6.45) is 4.10. The molecule has 0 unspecified atom stereocenters. The van der Waals surface area contributed by atoms with Crippen LogP contribution in [0.2, 0.25) is 0 Å². The summed E-state index contributed by atoms with van der Waals surface area (Å²) in [7, 11) is -2.91. The minimum Gasteiger partial charge on any atom is -0.385 e. The Labute approximate surface area is 118 Å². The summed E-state index contributed by atoms with van der Waals surface area (Å²) in [5, 5.41) is 6.00. The van der Waals surface area contributed by atoms with Crippen LogP contribution in [0.5, 0.6) is 0 Å². The van der Waals surface area contributed by atoms with Gasteiger partial charge in [0.15, 0.2) is 0 Å². The van der Waals surface area contributed by atoms with Gasteiger partial charge in [-0.25, -0.2) is 8.42 Å². The fourth-order valence-corrected chi connectivity index (χ4v) is 3.71. The summed E-state index contributed by atoms with van der Waals surface area (Å²) in [6.45, 7) is 2.67. The van der Waals surface area contributed by atoms with Gasteiger partial charge in [-0.15, -0.1) is 0 Å². The zero-order chi connectivity index (χ0) is 14.6. The van der Waals surface area contributed by atoms with Crippen molar-refractivity contribution < 1.29 is 13.2 Å². The molecule has 2 N–H and O–H groups in total. The standard InChI is InChI=1S/C13H19N3O3S/c1-2-15-12-3-6-14-9-11(12)13(17)16-10-4-7-20(18,19)8-5-10/h3,6,9-10H,2,4-5,7-8H2,1H3,(H,14,15)(H,16,17). The number of anilines is 1. The molecule has 0 bridgehead atoms. The molecule has 0 atom stereocenters. The summed E-state index contributed by atoms with van der Waals surface area (Å²) < 4.78 is 22.7. The van der Waals surface area contributed by atoms with Gasteiger partial charge in [0.2, 0.25) is 0 Å². The maximum Gasteiger partial charge on any atom is 0.255 e. The van der Waals surface area contributed by atoms with E-state index in [2.05, 4.69) is 15.6 Å². The largest absolute Gasteiger partial charge is 0.385 e. The Morgan fingerprint density at radius 1 is 1.40 bits per heavy atom. The van der Waals surface area contributed by atoms with E-state index in [1.807, 2.05) is 6.92 Å². The van der Waals surface area contributed by atoms with Crippen molar-refractivity contribution in [3.8, 4) is 0 Å². The van der Waals surface area contributed by atoms with Crippen LogP contribution in [0.4, 0.5) is 5.69 Å². The van der Waals surface area contributed by atoms with E-state index in [4.69, 9.17) is 0 Å². The van der Waals surface area contributed by atoms with Crippen molar-refractivity contribution in [1.82, 2.24) is 10.3 Å². The van der Waals surface area contributed by atoms with E-state index >= 15 is 0 Å². The molecule has 0 spiro atoms. The van der Waals surface area contributed by atoms with Gasteiger partial charge in [0.1, 0.15) is 9.84 Å². The Bertz CT molecular complexity index is 572. The molecule has 1 amide bonds. The third-order valence-corrected chi connectivity index (χ3v) is 5.04. The van der Waals surface area contributed by atoms with Gasteiger partial charge in [-0.05, 0) is 25.8 Å². The molecule has 0 aliphatic carbocycles. The van der Waals surface area contributed by atoms with Gasteiger partial charge >= 0.3 is 0 Å². The Hall–Kier alpha value is -1.63. The zero-order valence-corrected chi connectivity index (χ0v) is 12.2. The maximum absolute atomic E-state index is 12.2. The van der Waals surface area contributed by atoms with Gasteiger partial charge in [-0.1, -0.05) is 0 Å². The number of nitrogens with zero attached hydrogens (tertiary/aromatic N) is 1. The molecule has 20 heavy (non-hydrogen) atoms. The molecule has 1 aromatic heterocycles. The van der Waals surface area contributed by atoms with Crippen LogP contribution in [0.1, 0.15) is 30.1 Å². The van der Waals surface area contributed by atoms with Gasteiger partial charge < -0.3 is 10.6 Å². The fraction of sp³-hybridized carbons (Fsp3) is 0.538. The summed E-state index contributed by atoms with van der Waals surface area (Å²) in [6, 6.07) is 1.67. The fourth-order valence-electron chi connectivity index (χ4n) is 2.22. The van der Waals surface area contributed by atoms with E-state index < -0.39 is 9.84 Å². The van der Waals surface area contributed by atoms with Crippen LogP contribution in [-0.2, 0) is 9.84 Å². The minimum atomic E-state index is -2.91. The van der Waals surface area contributed by atoms with Crippen molar-refractivity contribution in [3.63, 3.8) is 0 Å². The lowest BCUT2D eigenvalue weighted by molar-refractivity contribution is 0.0934. The molecular formula is C13H19N3O3S. The average Bonchev–Trinajstić information content (AvgIpc) is 2.42. The lowest BCUT2D eigenvalue weighted by atomic mass is 10.1. The summed E-state index contributed by atoms with van der Waals surface area (Å²) >= 11 is 0. The molecule has 0 aromatic carbocycles. The van der Waals surface area contributed by atoms with Crippen molar-refractivity contribution in [2.24, 2.45) is 0 Å². The Kier molecular flexibility index (Phi) is 4.59. The van der Waals surface area contributed by atoms with E-state index in [1.54, 1.807) is 12.3 Å². The van der Waals surface area contributed by atoms with Gasteiger partial charge in [-0.3, -0.25) is 9.78 Å². The number of nitrogens with one attached hydrogen (secondary N) is 2. The van der Waals surface area contributed by atoms with Crippen molar-refractivity contribution in [2.45, 2.75) is 25.8 Å². The first-order chi connectivity index (χ1) is 9.52. The molecule has 1 fully saturated rings. The smallest absolute Gasteiger partial charge is 0.255 e. The van der Waals surface area contributed by atoms with Crippen LogP contribution >= 0.6 is 0 Å². The SMILES string of the molecule is CCNc1ccncc1C(=O)NC1CCS(=O)(=O)CC1. The number of carbonyl (C=O) groups is 1. The van der Waals surface area contributed by atoms with Crippen LogP contribution in [-0.4, -0.2) is 43.4 Å². The third kappa shape index (κ3) is 3.69. The Balaban J connectivity index is 2.02. The lowest BCUT2D eigenvalue weighted by Gasteiger charge is -2.23. The number of hydrogen-bond donors (Lipinski definition) is 2. The van der Waals surface area contributed by atoms with E-state index in [-0.39, 0.29) is 23.5 Å². The molecule has 110 valence electrons. The molecule has 0 radical (unpaired) electrons. The predicted molar refractivity (Wildman–Crippen MR) is 77.5 cm³/mol. The highest BCUT2D eigenvalue weighted by Gasteiger charge is 2.25. The molecule has 0 saturated carbocycles.